The van der Waals surface area contributed by atoms with Crippen molar-refractivity contribution in [1.82, 2.24) is 9.97 Å². The molecule has 0 bridgehead atoms. The SMILES string of the molecule is Cc1cc(N)c(F)c(C2Cc3nc(C(C)C)nc(N4CCCC5(CCO5)C4)c3CC2C)c1C(F)(F)F. The minimum atomic E-state index is -4.68. The van der Waals surface area contributed by atoms with Gasteiger partial charge in [0, 0.05) is 36.6 Å². The van der Waals surface area contributed by atoms with Crippen molar-refractivity contribution >= 4 is 11.5 Å². The van der Waals surface area contributed by atoms with Crippen molar-refractivity contribution in [3.05, 3.63) is 45.7 Å². The number of aromatic nitrogens is 2. The van der Waals surface area contributed by atoms with E-state index >= 15 is 4.39 Å². The van der Waals surface area contributed by atoms with Crippen LogP contribution in [0.4, 0.5) is 29.1 Å². The number of alkyl halides is 3. The van der Waals surface area contributed by atoms with Crippen LogP contribution < -0.4 is 10.6 Å². The molecule has 3 aliphatic rings. The number of ether oxygens (including phenoxy) is 1. The zero-order valence-electron chi connectivity index (χ0n) is 21.3. The van der Waals surface area contributed by atoms with Crippen LogP contribution in [0.5, 0.6) is 0 Å². The Hall–Kier alpha value is -2.42. The van der Waals surface area contributed by atoms with Crippen molar-refractivity contribution in [2.45, 2.75) is 83.4 Å². The van der Waals surface area contributed by atoms with E-state index in [1.54, 1.807) is 0 Å². The largest absolute Gasteiger partial charge is 0.417 e. The Morgan fingerprint density at radius 2 is 1.92 bits per heavy atom. The second-order valence-corrected chi connectivity index (χ2v) is 11.2. The molecule has 36 heavy (non-hydrogen) atoms. The van der Waals surface area contributed by atoms with Crippen LogP contribution >= 0.6 is 0 Å². The van der Waals surface area contributed by atoms with Gasteiger partial charge in [0.05, 0.1) is 29.2 Å². The number of fused-ring (bicyclic) bond motifs is 1. The Balaban J connectivity index is 1.60. The molecule has 1 aromatic heterocycles. The van der Waals surface area contributed by atoms with Crippen molar-refractivity contribution in [1.29, 1.82) is 0 Å². The summed E-state index contributed by atoms with van der Waals surface area (Å²) in [5.41, 5.74) is 5.84. The van der Waals surface area contributed by atoms with Crippen LogP contribution in [0, 0.1) is 18.7 Å². The first-order chi connectivity index (χ1) is 16.9. The van der Waals surface area contributed by atoms with Crippen molar-refractivity contribution in [3.63, 3.8) is 0 Å². The van der Waals surface area contributed by atoms with Crippen molar-refractivity contribution < 1.29 is 22.3 Å². The molecule has 2 fully saturated rings. The van der Waals surface area contributed by atoms with Gasteiger partial charge in [0.1, 0.15) is 17.5 Å². The number of benzene rings is 1. The number of piperidine rings is 1. The fraction of sp³-hybridized carbons (Fsp3) is 0.630. The Bertz CT molecular complexity index is 1180. The van der Waals surface area contributed by atoms with Gasteiger partial charge in [0.2, 0.25) is 0 Å². The zero-order chi connectivity index (χ0) is 26.0. The predicted molar refractivity (Wildman–Crippen MR) is 131 cm³/mol. The predicted octanol–water partition coefficient (Wildman–Crippen LogP) is 5.93. The molecule has 1 aromatic carbocycles. The molecule has 1 aliphatic carbocycles. The first-order valence-electron chi connectivity index (χ1n) is 12.8. The van der Waals surface area contributed by atoms with Gasteiger partial charge in [-0.2, -0.15) is 13.2 Å². The minimum Gasteiger partial charge on any atom is -0.396 e. The van der Waals surface area contributed by atoms with Gasteiger partial charge >= 0.3 is 6.18 Å². The molecule has 0 amide bonds. The highest BCUT2D eigenvalue weighted by atomic mass is 19.4. The van der Waals surface area contributed by atoms with Gasteiger partial charge < -0.3 is 15.4 Å². The molecule has 2 saturated heterocycles. The third-order valence-electron chi connectivity index (χ3n) is 8.22. The van der Waals surface area contributed by atoms with Crippen molar-refractivity contribution in [3.8, 4) is 0 Å². The lowest BCUT2D eigenvalue weighted by Gasteiger charge is -2.49. The summed E-state index contributed by atoms with van der Waals surface area (Å²) in [6, 6.07) is 1.08. The molecule has 3 heterocycles. The maximum atomic E-state index is 15.3. The minimum absolute atomic E-state index is 0.0441. The first-order valence-corrected chi connectivity index (χ1v) is 12.8. The summed E-state index contributed by atoms with van der Waals surface area (Å²) in [4.78, 5) is 12.0. The van der Waals surface area contributed by atoms with Gasteiger partial charge in [0.25, 0.3) is 0 Å². The molecule has 196 valence electrons. The van der Waals surface area contributed by atoms with Gasteiger partial charge in [0.15, 0.2) is 0 Å². The average Bonchev–Trinajstić information content (AvgIpc) is 2.78. The quantitative estimate of drug-likeness (QED) is 0.413. The Morgan fingerprint density at radius 1 is 1.19 bits per heavy atom. The lowest BCUT2D eigenvalue weighted by Crippen LogP contribution is -2.56. The summed E-state index contributed by atoms with van der Waals surface area (Å²) < 4.78 is 63.7. The number of aryl methyl sites for hydroxylation is 1. The Kier molecular flexibility index (Phi) is 6.21. The van der Waals surface area contributed by atoms with Crippen LogP contribution in [0.15, 0.2) is 6.07 Å². The Morgan fingerprint density at radius 3 is 2.53 bits per heavy atom. The normalized spacial score (nSPS) is 26.3. The van der Waals surface area contributed by atoms with Crippen LogP contribution in [0.25, 0.3) is 0 Å². The molecule has 3 atom stereocenters. The highest BCUT2D eigenvalue weighted by Crippen LogP contribution is 2.47. The van der Waals surface area contributed by atoms with Crippen molar-refractivity contribution in [2.75, 3.05) is 30.3 Å². The average molecular weight is 507 g/mol. The van der Waals surface area contributed by atoms with Gasteiger partial charge in [-0.15, -0.1) is 0 Å². The second kappa shape index (κ2) is 8.85. The molecule has 0 radical (unpaired) electrons. The number of nitrogens with two attached hydrogens (primary N) is 1. The maximum absolute atomic E-state index is 15.3. The lowest BCUT2D eigenvalue weighted by molar-refractivity contribution is -0.151. The number of halogens is 4. The number of hydrogen-bond donors (Lipinski definition) is 1. The van der Waals surface area contributed by atoms with Gasteiger partial charge in [-0.1, -0.05) is 20.8 Å². The third kappa shape index (κ3) is 4.23. The van der Waals surface area contributed by atoms with Crippen LogP contribution in [0.2, 0.25) is 0 Å². The smallest absolute Gasteiger partial charge is 0.396 e. The topological polar surface area (TPSA) is 64.3 Å². The number of anilines is 2. The van der Waals surface area contributed by atoms with Crippen LogP contribution in [-0.2, 0) is 23.8 Å². The van der Waals surface area contributed by atoms with E-state index in [0.717, 1.165) is 56.4 Å². The monoisotopic (exact) mass is 506 g/mol. The summed E-state index contributed by atoms with van der Waals surface area (Å²) in [6.45, 7) is 9.62. The molecule has 0 saturated carbocycles. The molecule has 2 N–H and O–H groups in total. The molecule has 3 unspecified atom stereocenters. The van der Waals surface area contributed by atoms with E-state index in [0.29, 0.717) is 17.9 Å². The highest BCUT2D eigenvalue weighted by molar-refractivity contribution is 5.56. The molecular formula is C27H34F4N4O. The van der Waals surface area contributed by atoms with Crippen LogP contribution in [-0.4, -0.2) is 35.3 Å². The summed E-state index contributed by atoms with van der Waals surface area (Å²) in [6.07, 6.45) is -0.941. The first kappa shape index (κ1) is 25.2. The van der Waals surface area contributed by atoms with Crippen LogP contribution in [0.1, 0.15) is 85.6 Å². The van der Waals surface area contributed by atoms with Gasteiger partial charge in [-0.05, 0) is 56.1 Å². The molecule has 2 aliphatic heterocycles. The zero-order valence-corrected chi connectivity index (χ0v) is 21.3. The van der Waals surface area contributed by atoms with E-state index in [-0.39, 0.29) is 40.7 Å². The summed E-state index contributed by atoms with van der Waals surface area (Å²) in [7, 11) is 0. The summed E-state index contributed by atoms with van der Waals surface area (Å²) in [5, 5.41) is 0. The second-order valence-electron chi connectivity index (χ2n) is 11.2. The van der Waals surface area contributed by atoms with E-state index < -0.39 is 23.5 Å². The number of nitrogen functional groups attached to an aromatic ring is 1. The third-order valence-corrected chi connectivity index (χ3v) is 8.22. The highest BCUT2D eigenvalue weighted by Gasteiger charge is 2.45. The molecule has 1 spiro atoms. The summed E-state index contributed by atoms with van der Waals surface area (Å²) in [5.74, 6) is -0.341. The molecular weight excluding hydrogens is 472 g/mol. The van der Waals surface area contributed by atoms with E-state index in [9.17, 15) is 13.2 Å². The fourth-order valence-electron chi connectivity index (χ4n) is 6.26. The summed E-state index contributed by atoms with van der Waals surface area (Å²) >= 11 is 0. The van der Waals surface area contributed by atoms with Crippen molar-refractivity contribution in [2.24, 2.45) is 5.92 Å². The van der Waals surface area contributed by atoms with Gasteiger partial charge in [-0.25, -0.2) is 14.4 Å². The molecule has 5 rings (SSSR count). The van der Waals surface area contributed by atoms with E-state index in [1.807, 2.05) is 20.8 Å². The van der Waals surface area contributed by atoms with E-state index in [1.165, 1.54) is 6.92 Å². The lowest BCUT2D eigenvalue weighted by atomic mass is 9.73. The molecule has 5 nitrogen and oxygen atoms in total. The standard InChI is InChI=1S/C27H34F4N4O/c1-14(2)24-33-20-12-17(21-22(27(29,30)31)16(4)11-19(32)23(21)28)15(3)10-18(20)25(34-24)35-8-5-6-26(13-35)7-9-36-26/h11,14-15,17H,5-10,12-13,32H2,1-4H3. The number of rotatable bonds is 3. The van der Waals surface area contributed by atoms with Crippen LogP contribution in [0.3, 0.4) is 0 Å². The fourth-order valence-corrected chi connectivity index (χ4v) is 6.26. The Labute approximate surface area is 209 Å². The number of hydrogen-bond acceptors (Lipinski definition) is 5. The number of nitrogens with zero attached hydrogens (tertiary/aromatic N) is 3. The molecule has 2 aromatic rings. The maximum Gasteiger partial charge on any atom is 0.417 e. The molecule has 9 heteroatoms. The van der Waals surface area contributed by atoms with E-state index in [4.69, 9.17) is 20.4 Å². The van der Waals surface area contributed by atoms with Gasteiger partial charge in [-0.3, -0.25) is 0 Å². The van der Waals surface area contributed by atoms with E-state index in [2.05, 4.69) is 4.90 Å².